The number of nitrogens with zero attached hydrogens (tertiary/aromatic N) is 1. The van der Waals surface area contributed by atoms with Gasteiger partial charge in [0.25, 0.3) is 5.91 Å². The Bertz CT molecular complexity index is 601. The van der Waals surface area contributed by atoms with E-state index in [4.69, 9.17) is 11.6 Å². The molecule has 18 heavy (non-hydrogen) atoms. The summed E-state index contributed by atoms with van der Waals surface area (Å²) in [4.78, 5) is 16.0. The van der Waals surface area contributed by atoms with Gasteiger partial charge in [0.1, 0.15) is 5.82 Å². The first-order valence-electron chi connectivity index (χ1n) is 5.25. The SMILES string of the molecule is Cc1ccnc(NC(=O)c2ccc(Cl)c(Br)c2)c1. The number of rotatable bonds is 2. The summed E-state index contributed by atoms with van der Waals surface area (Å²) in [6.07, 6.45) is 1.66. The van der Waals surface area contributed by atoms with Crippen molar-refractivity contribution in [3.05, 3.63) is 57.2 Å². The summed E-state index contributed by atoms with van der Waals surface area (Å²) in [6.45, 7) is 1.94. The Hall–Kier alpha value is -1.39. The monoisotopic (exact) mass is 324 g/mol. The van der Waals surface area contributed by atoms with Gasteiger partial charge in [0.15, 0.2) is 0 Å². The number of hydrogen-bond acceptors (Lipinski definition) is 2. The number of aryl methyl sites for hydroxylation is 1. The Morgan fingerprint density at radius 2 is 2.11 bits per heavy atom. The normalized spacial score (nSPS) is 10.2. The van der Waals surface area contributed by atoms with Crippen LogP contribution in [0, 0.1) is 6.92 Å². The lowest BCUT2D eigenvalue weighted by Crippen LogP contribution is -2.12. The van der Waals surface area contributed by atoms with Gasteiger partial charge >= 0.3 is 0 Å². The molecule has 0 fully saturated rings. The van der Waals surface area contributed by atoms with E-state index in [2.05, 4.69) is 26.2 Å². The Morgan fingerprint density at radius 1 is 1.33 bits per heavy atom. The molecule has 0 aliphatic heterocycles. The number of nitrogens with one attached hydrogen (secondary N) is 1. The fourth-order valence-corrected chi connectivity index (χ4v) is 1.93. The van der Waals surface area contributed by atoms with E-state index in [1.807, 2.05) is 19.1 Å². The van der Waals surface area contributed by atoms with Crippen LogP contribution >= 0.6 is 27.5 Å². The molecule has 0 atom stereocenters. The van der Waals surface area contributed by atoms with E-state index in [1.165, 1.54) is 0 Å². The van der Waals surface area contributed by atoms with Crippen LogP contribution in [0.5, 0.6) is 0 Å². The van der Waals surface area contributed by atoms with Crippen molar-refractivity contribution in [2.75, 3.05) is 5.32 Å². The summed E-state index contributed by atoms with van der Waals surface area (Å²) in [5.74, 6) is 0.316. The molecule has 0 bridgehead atoms. The number of benzene rings is 1. The Labute approximate surface area is 118 Å². The lowest BCUT2D eigenvalue weighted by molar-refractivity contribution is 0.102. The minimum Gasteiger partial charge on any atom is -0.307 e. The van der Waals surface area contributed by atoms with Gasteiger partial charge in [-0.05, 0) is 58.7 Å². The molecule has 1 heterocycles. The third-order valence-corrected chi connectivity index (χ3v) is 3.55. The molecule has 0 unspecified atom stereocenters. The fourth-order valence-electron chi connectivity index (χ4n) is 1.43. The molecule has 1 aromatic heterocycles. The van der Waals surface area contributed by atoms with E-state index in [9.17, 15) is 4.79 Å². The molecule has 0 spiro atoms. The maximum atomic E-state index is 12.0. The van der Waals surface area contributed by atoms with Crippen molar-refractivity contribution in [1.29, 1.82) is 0 Å². The molecule has 0 radical (unpaired) electrons. The van der Waals surface area contributed by atoms with E-state index in [0.29, 0.717) is 20.9 Å². The van der Waals surface area contributed by atoms with Crippen LogP contribution in [0.1, 0.15) is 15.9 Å². The molecule has 0 saturated heterocycles. The molecular formula is C13H10BrClN2O. The van der Waals surface area contributed by atoms with Gasteiger partial charge in [0.2, 0.25) is 0 Å². The zero-order valence-corrected chi connectivity index (χ0v) is 11.9. The molecular weight excluding hydrogens is 316 g/mol. The first-order valence-corrected chi connectivity index (χ1v) is 6.42. The average Bonchev–Trinajstić information content (AvgIpc) is 2.32. The van der Waals surface area contributed by atoms with Crippen LogP contribution in [-0.2, 0) is 0 Å². The number of aromatic nitrogens is 1. The Kier molecular flexibility index (Phi) is 3.99. The molecule has 1 aromatic carbocycles. The minimum atomic E-state index is -0.217. The highest BCUT2D eigenvalue weighted by molar-refractivity contribution is 9.10. The van der Waals surface area contributed by atoms with Crippen LogP contribution in [0.4, 0.5) is 5.82 Å². The number of carbonyl (C=O) groups excluding carboxylic acids is 1. The van der Waals surface area contributed by atoms with E-state index in [1.54, 1.807) is 24.4 Å². The Balaban J connectivity index is 2.19. The molecule has 92 valence electrons. The number of carbonyl (C=O) groups is 1. The third kappa shape index (κ3) is 3.09. The maximum Gasteiger partial charge on any atom is 0.256 e. The quantitative estimate of drug-likeness (QED) is 0.905. The van der Waals surface area contributed by atoms with Gasteiger partial charge in [-0.25, -0.2) is 4.98 Å². The summed E-state index contributed by atoms with van der Waals surface area (Å²) in [5, 5.41) is 3.30. The predicted octanol–water partition coefficient (Wildman–Crippen LogP) is 4.06. The summed E-state index contributed by atoms with van der Waals surface area (Å²) in [5.41, 5.74) is 1.56. The standard InChI is InChI=1S/C13H10BrClN2O/c1-8-4-5-16-12(6-8)17-13(18)9-2-3-11(15)10(14)7-9/h2-7H,1H3,(H,16,17,18). The predicted molar refractivity (Wildman–Crippen MR) is 76.1 cm³/mol. The molecule has 2 aromatic rings. The van der Waals surface area contributed by atoms with Gasteiger partial charge in [0.05, 0.1) is 5.02 Å². The van der Waals surface area contributed by atoms with Crippen LogP contribution in [-0.4, -0.2) is 10.9 Å². The van der Waals surface area contributed by atoms with E-state index in [0.717, 1.165) is 5.56 Å². The lowest BCUT2D eigenvalue weighted by Gasteiger charge is -2.06. The summed E-state index contributed by atoms with van der Waals surface area (Å²) in [7, 11) is 0. The average molecular weight is 326 g/mol. The number of halogens is 2. The maximum absolute atomic E-state index is 12.0. The molecule has 2 rings (SSSR count). The van der Waals surface area contributed by atoms with Gasteiger partial charge in [-0.1, -0.05) is 11.6 Å². The minimum absolute atomic E-state index is 0.217. The first-order chi connectivity index (χ1) is 8.56. The fraction of sp³-hybridized carbons (Fsp3) is 0.0769. The van der Waals surface area contributed by atoms with Crippen molar-refractivity contribution in [2.45, 2.75) is 6.92 Å². The van der Waals surface area contributed by atoms with Gasteiger partial charge in [-0.15, -0.1) is 0 Å². The zero-order chi connectivity index (χ0) is 13.1. The molecule has 0 saturated carbocycles. The second-order valence-corrected chi connectivity index (χ2v) is 5.06. The second-order valence-electron chi connectivity index (χ2n) is 3.80. The first kappa shape index (κ1) is 13.1. The highest BCUT2D eigenvalue weighted by Gasteiger charge is 2.08. The number of amides is 1. The molecule has 5 heteroatoms. The van der Waals surface area contributed by atoms with Crippen molar-refractivity contribution < 1.29 is 4.79 Å². The van der Waals surface area contributed by atoms with E-state index >= 15 is 0 Å². The van der Waals surface area contributed by atoms with Crippen LogP contribution in [0.25, 0.3) is 0 Å². The largest absolute Gasteiger partial charge is 0.307 e. The van der Waals surface area contributed by atoms with Gasteiger partial charge < -0.3 is 5.32 Å². The topological polar surface area (TPSA) is 42.0 Å². The van der Waals surface area contributed by atoms with Gasteiger partial charge in [-0.3, -0.25) is 4.79 Å². The zero-order valence-electron chi connectivity index (χ0n) is 9.58. The third-order valence-electron chi connectivity index (χ3n) is 2.34. The van der Waals surface area contributed by atoms with Crippen molar-refractivity contribution in [2.24, 2.45) is 0 Å². The molecule has 3 nitrogen and oxygen atoms in total. The van der Waals surface area contributed by atoms with E-state index in [-0.39, 0.29) is 5.91 Å². The number of anilines is 1. The summed E-state index contributed by atoms with van der Waals surface area (Å²) >= 11 is 9.16. The van der Waals surface area contributed by atoms with Crippen molar-refractivity contribution in [3.8, 4) is 0 Å². The van der Waals surface area contributed by atoms with Crippen molar-refractivity contribution in [1.82, 2.24) is 4.98 Å². The van der Waals surface area contributed by atoms with Crippen LogP contribution < -0.4 is 5.32 Å². The summed E-state index contributed by atoms with van der Waals surface area (Å²) < 4.78 is 0.689. The smallest absolute Gasteiger partial charge is 0.256 e. The molecule has 1 amide bonds. The van der Waals surface area contributed by atoms with Crippen LogP contribution in [0.2, 0.25) is 5.02 Å². The van der Waals surface area contributed by atoms with E-state index < -0.39 is 0 Å². The number of pyridine rings is 1. The molecule has 1 N–H and O–H groups in total. The molecule has 0 aliphatic rings. The highest BCUT2D eigenvalue weighted by atomic mass is 79.9. The van der Waals surface area contributed by atoms with Crippen molar-refractivity contribution >= 4 is 39.3 Å². The molecule has 0 aliphatic carbocycles. The van der Waals surface area contributed by atoms with Crippen molar-refractivity contribution in [3.63, 3.8) is 0 Å². The lowest BCUT2D eigenvalue weighted by atomic mass is 10.2. The highest BCUT2D eigenvalue weighted by Crippen LogP contribution is 2.23. The van der Waals surface area contributed by atoms with Crippen LogP contribution in [0.15, 0.2) is 41.0 Å². The number of hydrogen-bond donors (Lipinski definition) is 1. The summed E-state index contributed by atoms with van der Waals surface area (Å²) in [6, 6.07) is 8.69. The van der Waals surface area contributed by atoms with Gasteiger partial charge in [-0.2, -0.15) is 0 Å². The second kappa shape index (κ2) is 5.50. The Morgan fingerprint density at radius 3 is 2.78 bits per heavy atom. The van der Waals surface area contributed by atoms with Crippen LogP contribution in [0.3, 0.4) is 0 Å². The van der Waals surface area contributed by atoms with Gasteiger partial charge in [0, 0.05) is 16.2 Å².